The minimum absolute atomic E-state index is 0.0535. The summed E-state index contributed by atoms with van der Waals surface area (Å²) in [6.45, 7) is 6.62. The van der Waals surface area contributed by atoms with Crippen LogP contribution in [0.5, 0.6) is 11.5 Å². The Morgan fingerprint density at radius 1 is 0.930 bits per heavy atom. The first-order valence-corrected chi connectivity index (χ1v) is 15.9. The molecule has 0 saturated carbocycles. The Hall–Kier alpha value is -3.47. The van der Waals surface area contributed by atoms with Crippen molar-refractivity contribution in [2.24, 2.45) is 0 Å². The van der Waals surface area contributed by atoms with Gasteiger partial charge in [0.2, 0.25) is 11.8 Å². The molecule has 0 spiro atoms. The lowest BCUT2D eigenvalue weighted by Crippen LogP contribution is -2.52. The lowest BCUT2D eigenvalue weighted by atomic mass is 10.1. The van der Waals surface area contributed by atoms with Crippen molar-refractivity contribution in [1.82, 2.24) is 10.2 Å². The van der Waals surface area contributed by atoms with Crippen molar-refractivity contribution in [1.29, 1.82) is 0 Å². The highest BCUT2D eigenvalue weighted by atomic mass is 35.5. The minimum Gasteiger partial charge on any atom is -0.493 e. The third-order valence-corrected chi connectivity index (χ3v) is 9.42. The zero-order valence-corrected chi connectivity index (χ0v) is 27.4. The van der Waals surface area contributed by atoms with Gasteiger partial charge in [-0.05, 0) is 69.2 Å². The highest BCUT2D eigenvalue weighted by molar-refractivity contribution is 7.92. The zero-order chi connectivity index (χ0) is 31.9. The summed E-state index contributed by atoms with van der Waals surface area (Å²) in [5, 5.41) is 3.63. The summed E-state index contributed by atoms with van der Waals surface area (Å²) in [5.74, 6) is -0.417. The van der Waals surface area contributed by atoms with Gasteiger partial charge in [0.15, 0.2) is 11.5 Å². The van der Waals surface area contributed by atoms with E-state index in [-0.39, 0.29) is 34.8 Å². The maximum Gasteiger partial charge on any atom is 0.264 e. The van der Waals surface area contributed by atoms with Gasteiger partial charge in [-0.2, -0.15) is 0 Å². The number of sulfonamides is 1. The molecule has 0 aromatic heterocycles. The van der Waals surface area contributed by atoms with Gasteiger partial charge in [-0.15, -0.1) is 0 Å². The van der Waals surface area contributed by atoms with Crippen molar-refractivity contribution in [2.45, 2.75) is 57.6 Å². The number of hydrogen-bond acceptors (Lipinski definition) is 6. The molecule has 2 amide bonds. The number of halogens is 2. The molecule has 9 nitrogen and oxygen atoms in total. The molecule has 0 radical (unpaired) electrons. The van der Waals surface area contributed by atoms with Crippen LogP contribution >= 0.6 is 23.2 Å². The zero-order valence-electron chi connectivity index (χ0n) is 25.1. The molecule has 12 heteroatoms. The summed E-state index contributed by atoms with van der Waals surface area (Å²) in [6, 6.07) is 14.7. The van der Waals surface area contributed by atoms with Crippen molar-refractivity contribution in [3.8, 4) is 11.5 Å². The topological polar surface area (TPSA) is 105 Å². The quantitative estimate of drug-likeness (QED) is 0.249. The predicted octanol–water partition coefficient (Wildman–Crippen LogP) is 5.85. The van der Waals surface area contributed by atoms with Gasteiger partial charge in [0.1, 0.15) is 12.6 Å². The molecule has 0 aliphatic rings. The fourth-order valence-corrected chi connectivity index (χ4v) is 6.12. The SMILES string of the molecule is CC[C@H](C)NC(=O)[C@@H](C)N(Cc1ccc(Cl)cc1Cl)C(=O)CN(c1ccc(C)cc1)S(=O)(=O)c1ccc(OC)c(OC)c1. The standard InChI is InChI=1S/C31H37Cl2N3O6S/c1-7-21(3)34-31(38)22(4)35(18-23-10-11-24(32)16-27(23)33)30(37)19-36(25-12-8-20(2)9-13-25)43(39,40)26-14-15-28(41-5)29(17-26)42-6/h8-17,21-22H,7,18-19H2,1-6H3,(H,34,38)/t21-,22+/m0/s1. The monoisotopic (exact) mass is 649 g/mol. The molecule has 0 fully saturated rings. The van der Waals surface area contributed by atoms with Crippen molar-refractivity contribution in [3.05, 3.63) is 81.8 Å². The number of ether oxygens (including phenoxy) is 2. The van der Waals surface area contributed by atoms with E-state index in [1.54, 1.807) is 49.4 Å². The van der Waals surface area contributed by atoms with E-state index in [0.717, 1.165) is 9.87 Å². The molecule has 0 unspecified atom stereocenters. The summed E-state index contributed by atoms with van der Waals surface area (Å²) in [4.78, 5) is 28.5. The largest absolute Gasteiger partial charge is 0.493 e. The van der Waals surface area contributed by atoms with E-state index < -0.39 is 28.5 Å². The van der Waals surface area contributed by atoms with E-state index in [2.05, 4.69) is 5.32 Å². The first-order valence-electron chi connectivity index (χ1n) is 13.7. The average Bonchev–Trinajstić information content (AvgIpc) is 2.98. The first kappa shape index (κ1) is 34.0. The summed E-state index contributed by atoms with van der Waals surface area (Å²) in [6.07, 6.45) is 0.695. The van der Waals surface area contributed by atoms with Crippen molar-refractivity contribution < 1.29 is 27.5 Å². The molecule has 2 atom stereocenters. The number of nitrogens with zero attached hydrogens (tertiary/aromatic N) is 2. The minimum atomic E-state index is -4.30. The molecule has 3 aromatic carbocycles. The van der Waals surface area contributed by atoms with E-state index in [4.69, 9.17) is 32.7 Å². The molecule has 43 heavy (non-hydrogen) atoms. The molecule has 232 valence electrons. The number of rotatable bonds is 13. The highest BCUT2D eigenvalue weighted by Crippen LogP contribution is 2.32. The Balaban J connectivity index is 2.08. The Kier molecular flexibility index (Phi) is 11.7. The second kappa shape index (κ2) is 14.8. The summed E-state index contributed by atoms with van der Waals surface area (Å²) in [5.41, 5.74) is 1.73. The second-order valence-electron chi connectivity index (χ2n) is 10.1. The van der Waals surface area contributed by atoms with Crippen LogP contribution in [0, 0.1) is 6.92 Å². The molecule has 0 bridgehead atoms. The number of benzene rings is 3. The maximum absolute atomic E-state index is 14.1. The number of carbonyl (C=O) groups is 2. The third kappa shape index (κ3) is 8.34. The van der Waals surface area contributed by atoms with Crippen LogP contribution in [0.1, 0.15) is 38.3 Å². The summed E-state index contributed by atoms with van der Waals surface area (Å²) < 4.78 is 39.9. The average molecular weight is 651 g/mol. The van der Waals surface area contributed by atoms with Crippen LogP contribution in [-0.4, -0.2) is 58.0 Å². The fraction of sp³-hybridized carbons (Fsp3) is 0.355. The van der Waals surface area contributed by atoms with Crippen molar-refractivity contribution in [2.75, 3.05) is 25.1 Å². The van der Waals surface area contributed by atoms with Crippen molar-refractivity contribution in [3.63, 3.8) is 0 Å². The lowest BCUT2D eigenvalue weighted by Gasteiger charge is -2.32. The molecular weight excluding hydrogens is 613 g/mol. The second-order valence-corrected chi connectivity index (χ2v) is 12.8. The van der Waals surface area contributed by atoms with Crippen LogP contribution < -0.4 is 19.1 Å². The smallest absolute Gasteiger partial charge is 0.264 e. The highest BCUT2D eigenvalue weighted by Gasteiger charge is 2.33. The number of anilines is 1. The van der Waals surface area contributed by atoms with E-state index in [0.29, 0.717) is 27.8 Å². The molecule has 0 aliphatic heterocycles. The van der Waals surface area contributed by atoms with Gasteiger partial charge in [-0.25, -0.2) is 8.42 Å². The van der Waals surface area contributed by atoms with Gasteiger partial charge in [0.05, 0.1) is 24.8 Å². The summed E-state index contributed by atoms with van der Waals surface area (Å²) in [7, 11) is -1.45. The van der Waals surface area contributed by atoms with Crippen LogP contribution in [0.4, 0.5) is 5.69 Å². The molecular formula is C31H37Cl2N3O6S. The van der Waals surface area contributed by atoms with E-state index >= 15 is 0 Å². The molecule has 0 aliphatic carbocycles. The molecule has 0 heterocycles. The number of carbonyl (C=O) groups excluding carboxylic acids is 2. The van der Waals surface area contributed by atoms with E-state index in [1.807, 2.05) is 20.8 Å². The number of methoxy groups -OCH3 is 2. The number of aryl methyl sites for hydroxylation is 1. The van der Waals surface area contributed by atoms with Crippen LogP contribution in [0.3, 0.4) is 0 Å². The third-order valence-electron chi connectivity index (χ3n) is 7.07. The Morgan fingerprint density at radius 2 is 1.58 bits per heavy atom. The Bertz CT molecular complexity index is 1550. The van der Waals surface area contributed by atoms with Crippen LogP contribution in [0.2, 0.25) is 10.0 Å². The fourth-order valence-electron chi connectivity index (χ4n) is 4.23. The van der Waals surface area contributed by atoms with Gasteiger partial charge in [0, 0.05) is 28.7 Å². The van der Waals surface area contributed by atoms with E-state index in [9.17, 15) is 18.0 Å². The maximum atomic E-state index is 14.1. The molecule has 3 aromatic rings. The van der Waals surface area contributed by atoms with Gasteiger partial charge in [0.25, 0.3) is 10.0 Å². The summed E-state index contributed by atoms with van der Waals surface area (Å²) >= 11 is 12.5. The first-order chi connectivity index (χ1) is 20.3. The van der Waals surface area contributed by atoms with Crippen LogP contribution in [0.15, 0.2) is 65.6 Å². The molecule has 3 rings (SSSR count). The van der Waals surface area contributed by atoms with Crippen LogP contribution in [0.25, 0.3) is 0 Å². The van der Waals surface area contributed by atoms with Gasteiger partial charge < -0.3 is 19.7 Å². The van der Waals surface area contributed by atoms with Gasteiger partial charge in [-0.3, -0.25) is 13.9 Å². The number of hydrogen-bond donors (Lipinski definition) is 1. The van der Waals surface area contributed by atoms with E-state index in [1.165, 1.54) is 37.3 Å². The Labute approximate surface area is 263 Å². The van der Waals surface area contributed by atoms with Gasteiger partial charge in [-0.1, -0.05) is 53.9 Å². The normalized spacial score (nSPS) is 12.7. The van der Waals surface area contributed by atoms with Crippen molar-refractivity contribution >= 4 is 50.7 Å². The number of amides is 2. The van der Waals surface area contributed by atoms with Crippen LogP contribution in [-0.2, 0) is 26.2 Å². The predicted molar refractivity (Wildman–Crippen MR) is 170 cm³/mol. The lowest BCUT2D eigenvalue weighted by molar-refractivity contribution is -0.139. The van der Waals surface area contributed by atoms with Gasteiger partial charge >= 0.3 is 0 Å². The Morgan fingerprint density at radius 3 is 2.16 bits per heavy atom. The molecule has 1 N–H and O–H groups in total. The number of nitrogens with one attached hydrogen (secondary N) is 1. The molecule has 0 saturated heterocycles.